The molecule has 3 aromatic heterocycles. The zero-order valence-corrected chi connectivity index (χ0v) is 27.1. The van der Waals surface area contributed by atoms with Gasteiger partial charge in [-0.05, 0) is 50.1 Å². The van der Waals surface area contributed by atoms with Gasteiger partial charge in [-0.2, -0.15) is 5.10 Å². The zero-order chi connectivity index (χ0) is 31.0. The third-order valence-corrected chi connectivity index (χ3v) is 10.0. The fourth-order valence-electron chi connectivity index (χ4n) is 5.35. The Balaban J connectivity index is 1.21. The average molecular weight is 634 g/mol. The predicted molar refractivity (Wildman–Crippen MR) is 172 cm³/mol. The molecular weight excluding hydrogens is 598 g/mol. The van der Waals surface area contributed by atoms with Crippen molar-refractivity contribution >= 4 is 47.8 Å². The Kier molecular flexibility index (Phi) is 8.31. The van der Waals surface area contributed by atoms with Gasteiger partial charge in [0.15, 0.2) is 0 Å². The molecule has 13 heteroatoms. The van der Waals surface area contributed by atoms with Gasteiger partial charge in [0.1, 0.15) is 34.6 Å². The molecule has 0 bridgehead atoms. The number of ether oxygens (including phenoxy) is 2. The number of nitrogens with zero attached hydrogens (tertiary/aromatic N) is 7. The summed E-state index contributed by atoms with van der Waals surface area (Å²) < 4.78 is 16.2. The van der Waals surface area contributed by atoms with Crippen LogP contribution in [0.1, 0.15) is 24.7 Å². The fourth-order valence-corrected chi connectivity index (χ4v) is 6.34. The minimum Gasteiger partial charge on any atom is -0.465 e. The first kappa shape index (κ1) is 30.0. The number of amides is 1. The zero-order valence-electron chi connectivity index (χ0n) is 25.3. The van der Waals surface area contributed by atoms with Crippen molar-refractivity contribution in [2.75, 3.05) is 19.7 Å². The van der Waals surface area contributed by atoms with E-state index in [1.54, 1.807) is 18.5 Å². The van der Waals surface area contributed by atoms with E-state index in [-0.39, 0.29) is 6.04 Å². The second-order valence-corrected chi connectivity index (χ2v) is 18.4. The number of hydrogen-bond acceptors (Lipinski definition) is 7. The summed E-state index contributed by atoms with van der Waals surface area (Å²) in [6.45, 7) is 11.1. The number of aromatic nitrogens is 6. The third-order valence-electron chi connectivity index (χ3n) is 7.98. The average Bonchev–Trinajstić information content (AvgIpc) is 3.61. The first-order chi connectivity index (χ1) is 21.1. The van der Waals surface area contributed by atoms with E-state index in [1.165, 1.54) is 4.90 Å². The molecule has 0 aliphatic carbocycles. The standard InChI is InChI=1S/C31H36ClN7O4Si/c1-20-35-24-6-5-23(15-27(24)38(20)19-42-13-14-44(2,3)4)43-28-8-7-25-30(29(28)32)36-26(17-33-25)21-16-34-39(18-21)22-9-11-37(12-10-22)31(40)41/h5-8,15-18,22H,9-14,19H2,1-4H3,(H,40,41). The number of fused-ring (bicyclic) bond motifs is 2. The highest BCUT2D eigenvalue weighted by Gasteiger charge is 2.24. The van der Waals surface area contributed by atoms with Gasteiger partial charge >= 0.3 is 6.09 Å². The van der Waals surface area contributed by atoms with Gasteiger partial charge in [-0.15, -0.1) is 0 Å². The van der Waals surface area contributed by atoms with Crippen molar-refractivity contribution in [2.24, 2.45) is 0 Å². The van der Waals surface area contributed by atoms with E-state index in [9.17, 15) is 9.90 Å². The van der Waals surface area contributed by atoms with Crippen molar-refractivity contribution in [2.45, 2.75) is 58.2 Å². The van der Waals surface area contributed by atoms with Crippen LogP contribution < -0.4 is 4.74 Å². The first-order valence-corrected chi connectivity index (χ1v) is 18.8. The van der Waals surface area contributed by atoms with Crippen LogP contribution in [0, 0.1) is 6.92 Å². The van der Waals surface area contributed by atoms with Crippen LogP contribution in [0.5, 0.6) is 11.5 Å². The summed E-state index contributed by atoms with van der Waals surface area (Å²) >= 11 is 6.86. The lowest BCUT2D eigenvalue weighted by atomic mass is 10.1. The summed E-state index contributed by atoms with van der Waals surface area (Å²) in [6, 6.07) is 10.6. The molecule has 1 N–H and O–H groups in total. The van der Waals surface area contributed by atoms with Gasteiger partial charge in [0.05, 0.1) is 40.7 Å². The van der Waals surface area contributed by atoms with E-state index in [1.807, 2.05) is 42.1 Å². The van der Waals surface area contributed by atoms with Gasteiger partial charge in [-0.3, -0.25) is 9.67 Å². The van der Waals surface area contributed by atoms with Crippen LogP contribution in [0.25, 0.3) is 33.3 Å². The maximum Gasteiger partial charge on any atom is 0.407 e. The van der Waals surface area contributed by atoms with Gasteiger partial charge in [-0.1, -0.05) is 31.2 Å². The van der Waals surface area contributed by atoms with Crippen molar-refractivity contribution in [3.63, 3.8) is 0 Å². The van der Waals surface area contributed by atoms with E-state index in [4.69, 9.17) is 26.1 Å². The van der Waals surface area contributed by atoms with Gasteiger partial charge in [0, 0.05) is 45.6 Å². The molecule has 0 saturated carbocycles. The molecule has 2 aromatic carbocycles. The highest BCUT2D eigenvalue weighted by molar-refractivity contribution is 6.76. The highest BCUT2D eigenvalue weighted by Crippen LogP contribution is 2.36. The largest absolute Gasteiger partial charge is 0.465 e. The van der Waals surface area contributed by atoms with Crippen LogP contribution in [-0.4, -0.2) is 73.2 Å². The molecule has 1 aliphatic heterocycles. The first-order valence-electron chi connectivity index (χ1n) is 14.8. The minimum atomic E-state index is -1.17. The van der Waals surface area contributed by atoms with Crippen LogP contribution in [0.4, 0.5) is 4.79 Å². The van der Waals surface area contributed by atoms with Crippen molar-refractivity contribution in [3.05, 3.63) is 59.8 Å². The predicted octanol–water partition coefficient (Wildman–Crippen LogP) is 7.22. The Morgan fingerprint density at radius 2 is 1.86 bits per heavy atom. The molecule has 1 fully saturated rings. The Hall–Kier alpha value is -4.00. The molecule has 0 radical (unpaired) electrons. The molecule has 4 heterocycles. The second-order valence-electron chi connectivity index (χ2n) is 12.4. The van der Waals surface area contributed by atoms with Crippen LogP contribution >= 0.6 is 11.6 Å². The lowest BCUT2D eigenvalue weighted by Crippen LogP contribution is -2.38. The summed E-state index contributed by atoms with van der Waals surface area (Å²) in [5.41, 5.74) is 4.43. The molecule has 5 aromatic rings. The molecule has 1 aliphatic rings. The number of carbonyl (C=O) groups is 1. The van der Waals surface area contributed by atoms with E-state index in [0.717, 1.165) is 35.1 Å². The number of aryl methyl sites for hydroxylation is 1. The maximum absolute atomic E-state index is 11.2. The Labute approximate surface area is 261 Å². The summed E-state index contributed by atoms with van der Waals surface area (Å²) in [5.74, 6) is 1.98. The van der Waals surface area contributed by atoms with E-state index < -0.39 is 14.2 Å². The Morgan fingerprint density at radius 3 is 2.61 bits per heavy atom. The monoisotopic (exact) mass is 633 g/mol. The van der Waals surface area contributed by atoms with Gasteiger partial charge in [0.25, 0.3) is 0 Å². The Morgan fingerprint density at radius 1 is 1.09 bits per heavy atom. The second kappa shape index (κ2) is 12.2. The van der Waals surface area contributed by atoms with Crippen LogP contribution in [-0.2, 0) is 11.5 Å². The number of hydrogen-bond donors (Lipinski definition) is 1. The number of imidazole rings is 1. The molecule has 44 heavy (non-hydrogen) atoms. The molecule has 0 spiro atoms. The SMILES string of the molecule is Cc1nc2ccc(Oc3ccc4ncc(-c5cnn(C6CCN(C(=O)O)CC6)c5)nc4c3Cl)cc2n1COCC[Si](C)(C)C. The molecule has 1 amide bonds. The number of piperidine rings is 1. The fraction of sp³-hybridized carbons (Fsp3) is 0.387. The summed E-state index contributed by atoms with van der Waals surface area (Å²) in [6.07, 6.45) is 5.93. The lowest BCUT2D eigenvalue weighted by molar-refractivity contribution is 0.0885. The number of likely N-dealkylation sites (tertiary alicyclic amines) is 1. The van der Waals surface area contributed by atoms with Crippen molar-refractivity contribution in [1.82, 2.24) is 34.2 Å². The molecule has 0 unspecified atom stereocenters. The van der Waals surface area contributed by atoms with Gasteiger partial charge < -0.3 is 24.0 Å². The third kappa shape index (κ3) is 6.42. The van der Waals surface area contributed by atoms with Crippen LogP contribution in [0.2, 0.25) is 30.7 Å². The molecule has 1 saturated heterocycles. The van der Waals surface area contributed by atoms with Crippen molar-refractivity contribution < 1.29 is 19.4 Å². The van der Waals surface area contributed by atoms with Gasteiger partial charge in [0.2, 0.25) is 0 Å². The molecule has 230 valence electrons. The van der Waals surface area contributed by atoms with Gasteiger partial charge in [-0.25, -0.2) is 14.8 Å². The molecule has 0 atom stereocenters. The quantitative estimate of drug-likeness (QED) is 0.133. The maximum atomic E-state index is 11.2. The summed E-state index contributed by atoms with van der Waals surface area (Å²) in [5, 5.41) is 14.1. The molecule has 6 rings (SSSR count). The summed E-state index contributed by atoms with van der Waals surface area (Å²) in [4.78, 5) is 26.8. The van der Waals surface area contributed by atoms with Crippen molar-refractivity contribution in [3.8, 4) is 22.8 Å². The van der Waals surface area contributed by atoms with E-state index in [2.05, 4.69) is 39.3 Å². The number of rotatable bonds is 9. The Bertz CT molecular complexity index is 1830. The van der Waals surface area contributed by atoms with E-state index >= 15 is 0 Å². The number of halogens is 1. The topological polar surface area (TPSA) is 120 Å². The lowest BCUT2D eigenvalue weighted by Gasteiger charge is -2.29. The smallest absolute Gasteiger partial charge is 0.407 e. The normalized spacial score (nSPS) is 14.5. The highest BCUT2D eigenvalue weighted by atomic mass is 35.5. The molecular formula is C31H36ClN7O4Si. The van der Waals surface area contributed by atoms with E-state index in [0.29, 0.717) is 65.9 Å². The molecule has 11 nitrogen and oxygen atoms in total. The van der Waals surface area contributed by atoms with Crippen LogP contribution in [0.3, 0.4) is 0 Å². The van der Waals surface area contributed by atoms with Crippen LogP contribution in [0.15, 0.2) is 48.9 Å². The summed E-state index contributed by atoms with van der Waals surface area (Å²) in [7, 11) is -1.17. The number of carboxylic acid groups (broad SMARTS) is 1. The minimum absolute atomic E-state index is 0.130. The number of benzene rings is 2. The van der Waals surface area contributed by atoms with Crippen molar-refractivity contribution in [1.29, 1.82) is 0 Å².